The predicted octanol–water partition coefficient (Wildman–Crippen LogP) is 2.21. The summed E-state index contributed by atoms with van der Waals surface area (Å²) in [5.41, 5.74) is 1.05. The van der Waals surface area contributed by atoms with E-state index in [0.717, 1.165) is 5.69 Å². The summed E-state index contributed by atoms with van der Waals surface area (Å²) in [6.45, 7) is 1.64. The molecule has 2 aliphatic rings. The summed E-state index contributed by atoms with van der Waals surface area (Å²) in [5.74, 6) is 1.30. The van der Waals surface area contributed by atoms with Gasteiger partial charge in [0.25, 0.3) is 5.91 Å². The minimum absolute atomic E-state index is 0.177. The fourth-order valence-electron chi connectivity index (χ4n) is 4.32. The SMILES string of the molecule is COc1cnc2cccc(NC(=O)[C@]3(O)CC[C@@H](NCc4cc5c(cn4)OCCO5)CC3)c2n1. The summed E-state index contributed by atoms with van der Waals surface area (Å²) in [7, 11) is 1.51. The second-order valence-electron chi connectivity index (χ2n) is 8.55. The molecular formula is C24H27N5O5. The number of pyridine rings is 1. The van der Waals surface area contributed by atoms with Crippen molar-refractivity contribution in [2.45, 2.75) is 43.9 Å². The van der Waals surface area contributed by atoms with Crippen LogP contribution in [0.3, 0.4) is 0 Å². The van der Waals surface area contributed by atoms with E-state index in [1.54, 1.807) is 24.4 Å². The molecule has 0 spiro atoms. The van der Waals surface area contributed by atoms with Crippen molar-refractivity contribution in [1.82, 2.24) is 20.3 Å². The maximum atomic E-state index is 13.0. The number of rotatable bonds is 6. The van der Waals surface area contributed by atoms with Gasteiger partial charge in [0.05, 0.1) is 36.4 Å². The van der Waals surface area contributed by atoms with Crippen LogP contribution >= 0.6 is 0 Å². The number of anilines is 1. The number of carbonyl (C=O) groups is 1. The highest BCUT2D eigenvalue weighted by Crippen LogP contribution is 2.32. The molecule has 1 fully saturated rings. The third kappa shape index (κ3) is 4.59. The van der Waals surface area contributed by atoms with E-state index in [-0.39, 0.29) is 6.04 Å². The first-order valence-corrected chi connectivity index (χ1v) is 11.4. The summed E-state index contributed by atoms with van der Waals surface area (Å²) in [4.78, 5) is 26.1. The molecule has 3 aromatic rings. The molecule has 1 amide bonds. The van der Waals surface area contributed by atoms with E-state index < -0.39 is 11.5 Å². The van der Waals surface area contributed by atoms with Gasteiger partial charge in [-0.05, 0) is 37.8 Å². The first kappa shape index (κ1) is 22.3. The molecule has 0 bridgehead atoms. The van der Waals surface area contributed by atoms with E-state index in [1.807, 2.05) is 6.07 Å². The number of carbonyl (C=O) groups excluding carboxylic acids is 1. The maximum absolute atomic E-state index is 13.0. The molecule has 2 aromatic heterocycles. The van der Waals surface area contributed by atoms with Gasteiger partial charge in [-0.1, -0.05) is 6.07 Å². The van der Waals surface area contributed by atoms with E-state index in [4.69, 9.17) is 14.2 Å². The quantitative estimate of drug-likeness (QED) is 0.502. The van der Waals surface area contributed by atoms with E-state index in [1.165, 1.54) is 13.3 Å². The molecule has 3 N–H and O–H groups in total. The first-order valence-electron chi connectivity index (χ1n) is 11.4. The lowest BCUT2D eigenvalue weighted by atomic mass is 9.81. The second-order valence-corrected chi connectivity index (χ2v) is 8.55. The summed E-state index contributed by atoms with van der Waals surface area (Å²) >= 11 is 0. The van der Waals surface area contributed by atoms with Gasteiger partial charge in [0.2, 0.25) is 5.88 Å². The topological polar surface area (TPSA) is 128 Å². The van der Waals surface area contributed by atoms with Crippen LogP contribution in [0.2, 0.25) is 0 Å². The minimum atomic E-state index is -1.44. The third-order valence-corrected chi connectivity index (χ3v) is 6.30. The summed E-state index contributed by atoms with van der Waals surface area (Å²) in [5, 5.41) is 17.4. The Balaban J connectivity index is 1.18. The van der Waals surface area contributed by atoms with Gasteiger partial charge in [0.15, 0.2) is 11.5 Å². The summed E-state index contributed by atoms with van der Waals surface area (Å²) in [6.07, 6.45) is 5.24. The number of methoxy groups -OCH3 is 1. The van der Waals surface area contributed by atoms with E-state index in [2.05, 4.69) is 25.6 Å². The largest absolute Gasteiger partial charge is 0.486 e. The Morgan fingerprint density at radius 1 is 1.18 bits per heavy atom. The van der Waals surface area contributed by atoms with Crippen molar-refractivity contribution in [3.63, 3.8) is 0 Å². The van der Waals surface area contributed by atoms with Gasteiger partial charge in [-0.2, -0.15) is 0 Å². The Bertz CT molecular complexity index is 1200. The van der Waals surface area contributed by atoms with Crippen LogP contribution in [-0.4, -0.2) is 57.9 Å². The molecule has 10 heteroatoms. The lowest BCUT2D eigenvalue weighted by Crippen LogP contribution is -2.48. The average molecular weight is 466 g/mol. The number of hydrogen-bond acceptors (Lipinski definition) is 9. The number of hydrogen-bond donors (Lipinski definition) is 3. The van der Waals surface area contributed by atoms with Gasteiger partial charge in [0, 0.05) is 18.7 Å². The Morgan fingerprint density at radius 2 is 1.97 bits per heavy atom. The lowest BCUT2D eigenvalue weighted by molar-refractivity contribution is -0.137. The van der Waals surface area contributed by atoms with Crippen molar-refractivity contribution in [2.24, 2.45) is 0 Å². The van der Waals surface area contributed by atoms with Crippen LogP contribution in [0.15, 0.2) is 36.7 Å². The molecule has 1 saturated carbocycles. The third-order valence-electron chi connectivity index (χ3n) is 6.30. The van der Waals surface area contributed by atoms with Gasteiger partial charge in [-0.3, -0.25) is 9.78 Å². The molecule has 0 radical (unpaired) electrons. The Labute approximate surface area is 196 Å². The van der Waals surface area contributed by atoms with Crippen molar-refractivity contribution >= 4 is 22.6 Å². The lowest BCUT2D eigenvalue weighted by Gasteiger charge is -2.35. The van der Waals surface area contributed by atoms with Crippen molar-refractivity contribution in [3.05, 3.63) is 42.4 Å². The molecule has 0 atom stereocenters. The maximum Gasteiger partial charge on any atom is 0.256 e. The van der Waals surface area contributed by atoms with Gasteiger partial charge < -0.3 is 30.0 Å². The van der Waals surface area contributed by atoms with Crippen LogP contribution in [0.1, 0.15) is 31.4 Å². The smallest absolute Gasteiger partial charge is 0.256 e. The zero-order chi connectivity index (χ0) is 23.5. The number of aromatic nitrogens is 3. The Hall–Kier alpha value is -3.50. The molecule has 34 heavy (non-hydrogen) atoms. The standard InChI is InChI=1S/C24H27N5O5/c1-32-21-14-27-17-3-2-4-18(22(17)29-21)28-23(30)24(31)7-5-15(6-8-24)25-12-16-11-19-20(13-26-16)34-10-9-33-19/h2-4,11,13-15,25,31H,5-10,12H2,1H3,(H,28,30)/t15-,24+. The minimum Gasteiger partial charge on any atom is -0.486 e. The van der Waals surface area contributed by atoms with E-state index in [0.29, 0.717) is 79.5 Å². The van der Waals surface area contributed by atoms with Crippen molar-refractivity contribution in [2.75, 3.05) is 25.6 Å². The average Bonchev–Trinajstić information content (AvgIpc) is 2.88. The van der Waals surface area contributed by atoms with Gasteiger partial charge in [-0.15, -0.1) is 0 Å². The van der Waals surface area contributed by atoms with Gasteiger partial charge >= 0.3 is 0 Å². The van der Waals surface area contributed by atoms with Crippen LogP contribution < -0.4 is 24.8 Å². The number of amides is 1. The van der Waals surface area contributed by atoms with Crippen LogP contribution in [0, 0.1) is 0 Å². The van der Waals surface area contributed by atoms with Crippen LogP contribution in [0.4, 0.5) is 5.69 Å². The molecule has 0 saturated heterocycles. The van der Waals surface area contributed by atoms with Crippen molar-refractivity contribution < 1.29 is 24.1 Å². The highest BCUT2D eigenvalue weighted by atomic mass is 16.6. The number of benzene rings is 1. The van der Waals surface area contributed by atoms with Gasteiger partial charge in [-0.25, -0.2) is 9.97 Å². The Kier molecular flexibility index (Phi) is 6.16. The molecule has 1 aromatic carbocycles. The highest BCUT2D eigenvalue weighted by molar-refractivity contribution is 6.03. The predicted molar refractivity (Wildman–Crippen MR) is 124 cm³/mol. The fraction of sp³-hybridized carbons (Fsp3) is 0.417. The zero-order valence-corrected chi connectivity index (χ0v) is 18.9. The summed E-state index contributed by atoms with van der Waals surface area (Å²) < 4.78 is 16.3. The van der Waals surface area contributed by atoms with Gasteiger partial charge in [0.1, 0.15) is 24.3 Å². The normalized spacial score (nSPS) is 21.8. The molecule has 178 valence electrons. The molecule has 1 aliphatic carbocycles. The highest BCUT2D eigenvalue weighted by Gasteiger charge is 2.40. The first-order chi connectivity index (χ1) is 16.5. The number of para-hydroxylation sites is 1. The number of fused-ring (bicyclic) bond motifs is 2. The Morgan fingerprint density at radius 3 is 2.76 bits per heavy atom. The molecular weight excluding hydrogens is 438 g/mol. The molecule has 1 aliphatic heterocycles. The van der Waals surface area contributed by atoms with E-state index >= 15 is 0 Å². The molecule has 5 rings (SSSR count). The van der Waals surface area contributed by atoms with Crippen LogP contribution in [-0.2, 0) is 11.3 Å². The second kappa shape index (κ2) is 9.40. The zero-order valence-electron chi connectivity index (χ0n) is 18.9. The number of ether oxygens (including phenoxy) is 3. The fourth-order valence-corrected chi connectivity index (χ4v) is 4.32. The van der Waals surface area contributed by atoms with Crippen molar-refractivity contribution in [3.8, 4) is 17.4 Å². The molecule has 0 unspecified atom stereocenters. The van der Waals surface area contributed by atoms with E-state index in [9.17, 15) is 9.90 Å². The summed E-state index contributed by atoms with van der Waals surface area (Å²) in [6, 6.07) is 7.40. The van der Waals surface area contributed by atoms with Crippen molar-refractivity contribution in [1.29, 1.82) is 0 Å². The molecule has 3 heterocycles. The monoisotopic (exact) mass is 465 g/mol. The number of nitrogens with zero attached hydrogens (tertiary/aromatic N) is 3. The molecule has 10 nitrogen and oxygen atoms in total. The number of nitrogens with one attached hydrogen (secondary N) is 2. The number of aliphatic hydroxyl groups is 1. The van der Waals surface area contributed by atoms with Crippen LogP contribution in [0.5, 0.6) is 17.4 Å². The van der Waals surface area contributed by atoms with Crippen LogP contribution in [0.25, 0.3) is 11.0 Å².